The summed E-state index contributed by atoms with van der Waals surface area (Å²) in [7, 11) is 0. The highest BCUT2D eigenvalue weighted by molar-refractivity contribution is 6.33. The summed E-state index contributed by atoms with van der Waals surface area (Å²) >= 11 is 5.98. The predicted molar refractivity (Wildman–Crippen MR) is 76.2 cm³/mol. The Balaban J connectivity index is 2.18. The molecule has 0 radical (unpaired) electrons. The number of carbonyl (C=O) groups is 1. The number of nitrogens with zero attached hydrogens (tertiary/aromatic N) is 1. The number of amides is 1. The van der Waals surface area contributed by atoms with E-state index in [4.69, 9.17) is 11.6 Å². The van der Waals surface area contributed by atoms with Gasteiger partial charge in [-0.3, -0.25) is 9.78 Å². The molecule has 0 fully saturated rings. The highest BCUT2D eigenvalue weighted by Crippen LogP contribution is 2.20. The normalized spacial score (nSPS) is 12.0. The van der Waals surface area contributed by atoms with Gasteiger partial charge in [0.15, 0.2) is 0 Å². The van der Waals surface area contributed by atoms with Gasteiger partial charge in [-0.15, -0.1) is 0 Å². The summed E-state index contributed by atoms with van der Waals surface area (Å²) in [5.74, 6) is -1.85. The molecule has 2 rings (SSSR count). The first kappa shape index (κ1) is 15.4. The van der Waals surface area contributed by atoms with Crippen LogP contribution in [0.15, 0.2) is 30.5 Å². The van der Waals surface area contributed by atoms with Crippen molar-refractivity contribution < 1.29 is 13.6 Å². The van der Waals surface area contributed by atoms with Crippen molar-refractivity contribution in [2.45, 2.75) is 19.9 Å². The number of aromatic nitrogens is 1. The minimum Gasteiger partial charge on any atom is -0.345 e. The molecule has 1 N–H and O–H groups in total. The second kappa shape index (κ2) is 6.18. The summed E-state index contributed by atoms with van der Waals surface area (Å²) in [4.78, 5) is 16.1. The molecule has 21 heavy (non-hydrogen) atoms. The molecule has 0 aliphatic heterocycles. The number of hydrogen-bond donors (Lipinski definition) is 1. The highest BCUT2D eigenvalue weighted by Gasteiger charge is 2.17. The Morgan fingerprint density at radius 1 is 1.33 bits per heavy atom. The lowest BCUT2D eigenvalue weighted by atomic mass is 10.1. The second-order valence-electron chi connectivity index (χ2n) is 4.67. The van der Waals surface area contributed by atoms with Gasteiger partial charge in [-0.1, -0.05) is 17.7 Å². The zero-order valence-electron chi connectivity index (χ0n) is 11.5. The van der Waals surface area contributed by atoms with Crippen LogP contribution in [0, 0.1) is 18.6 Å². The van der Waals surface area contributed by atoms with Crippen LogP contribution in [0.25, 0.3) is 0 Å². The number of halogens is 3. The Morgan fingerprint density at radius 2 is 2.05 bits per heavy atom. The van der Waals surface area contributed by atoms with E-state index in [9.17, 15) is 13.6 Å². The second-order valence-corrected chi connectivity index (χ2v) is 5.07. The van der Waals surface area contributed by atoms with E-state index in [-0.39, 0.29) is 16.1 Å². The summed E-state index contributed by atoms with van der Waals surface area (Å²) in [5.41, 5.74) is 1.09. The molecule has 0 bridgehead atoms. The standard InChI is InChI=1S/C15H13ClF2N2O/c1-8-5-13(16)12(7-19-8)15(21)20-9(2)11-4-3-10(17)6-14(11)18/h3-7,9H,1-2H3,(H,20,21). The molecular weight excluding hydrogens is 298 g/mol. The Morgan fingerprint density at radius 3 is 2.67 bits per heavy atom. The maximum absolute atomic E-state index is 13.7. The van der Waals surface area contributed by atoms with Crippen LogP contribution in [-0.4, -0.2) is 10.9 Å². The van der Waals surface area contributed by atoms with Crippen LogP contribution in [0.5, 0.6) is 0 Å². The molecule has 0 aliphatic rings. The molecule has 1 aromatic carbocycles. The maximum Gasteiger partial charge on any atom is 0.254 e. The molecule has 0 aliphatic carbocycles. The van der Waals surface area contributed by atoms with Crippen LogP contribution >= 0.6 is 11.6 Å². The van der Waals surface area contributed by atoms with Crippen molar-refractivity contribution in [1.29, 1.82) is 0 Å². The number of pyridine rings is 1. The maximum atomic E-state index is 13.7. The Bertz CT molecular complexity index is 691. The monoisotopic (exact) mass is 310 g/mol. The SMILES string of the molecule is Cc1cc(Cl)c(C(=O)NC(C)c2ccc(F)cc2F)cn1. The lowest BCUT2D eigenvalue weighted by Crippen LogP contribution is -2.27. The van der Waals surface area contributed by atoms with Crippen molar-refractivity contribution in [3.63, 3.8) is 0 Å². The molecule has 110 valence electrons. The average Bonchev–Trinajstić information content (AvgIpc) is 2.37. The average molecular weight is 311 g/mol. The fourth-order valence-corrected chi connectivity index (χ4v) is 2.19. The molecule has 0 spiro atoms. The van der Waals surface area contributed by atoms with Gasteiger partial charge in [0.1, 0.15) is 11.6 Å². The molecule has 6 heteroatoms. The Kier molecular flexibility index (Phi) is 4.53. The van der Waals surface area contributed by atoms with Crippen LogP contribution in [0.1, 0.15) is 34.6 Å². The molecule has 3 nitrogen and oxygen atoms in total. The number of hydrogen-bond acceptors (Lipinski definition) is 2. The summed E-state index contributed by atoms with van der Waals surface area (Å²) < 4.78 is 26.5. The number of nitrogens with one attached hydrogen (secondary N) is 1. The van der Waals surface area contributed by atoms with Crippen molar-refractivity contribution in [3.8, 4) is 0 Å². The molecule has 0 saturated carbocycles. The molecular formula is C15H13ClF2N2O. The third kappa shape index (κ3) is 3.55. The van der Waals surface area contributed by atoms with Crippen molar-refractivity contribution in [2.75, 3.05) is 0 Å². The van der Waals surface area contributed by atoms with Gasteiger partial charge in [-0.25, -0.2) is 8.78 Å². The quantitative estimate of drug-likeness (QED) is 0.936. The summed E-state index contributed by atoms with van der Waals surface area (Å²) in [6, 6.07) is 4.15. The van der Waals surface area contributed by atoms with Crippen LogP contribution in [0.2, 0.25) is 5.02 Å². The van der Waals surface area contributed by atoms with E-state index in [0.717, 1.165) is 12.1 Å². The van der Waals surface area contributed by atoms with Crippen molar-refractivity contribution in [2.24, 2.45) is 0 Å². The minimum absolute atomic E-state index is 0.195. The van der Waals surface area contributed by atoms with Gasteiger partial charge in [-0.05, 0) is 26.0 Å². The van der Waals surface area contributed by atoms with Gasteiger partial charge in [0, 0.05) is 23.5 Å². The van der Waals surface area contributed by atoms with Crippen molar-refractivity contribution in [1.82, 2.24) is 10.3 Å². The van der Waals surface area contributed by atoms with Gasteiger partial charge in [0.25, 0.3) is 5.91 Å². The zero-order valence-corrected chi connectivity index (χ0v) is 12.2. The predicted octanol–water partition coefficient (Wildman–Crippen LogP) is 3.81. The van der Waals surface area contributed by atoms with Crippen LogP contribution < -0.4 is 5.32 Å². The molecule has 1 atom stereocenters. The summed E-state index contributed by atoms with van der Waals surface area (Å²) in [6.45, 7) is 3.35. The number of aryl methyl sites for hydroxylation is 1. The van der Waals surface area contributed by atoms with E-state index in [0.29, 0.717) is 5.69 Å². The fourth-order valence-electron chi connectivity index (χ4n) is 1.90. The van der Waals surface area contributed by atoms with Crippen LogP contribution in [-0.2, 0) is 0 Å². The van der Waals surface area contributed by atoms with E-state index in [1.807, 2.05) is 0 Å². The number of rotatable bonds is 3. The first-order valence-corrected chi connectivity index (χ1v) is 6.64. The van der Waals surface area contributed by atoms with Gasteiger partial charge in [0.2, 0.25) is 0 Å². The molecule has 1 amide bonds. The Hall–Kier alpha value is -2.01. The van der Waals surface area contributed by atoms with Gasteiger partial charge >= 0.3 is 0 Å². The van der Waals surface area contributed by atoms with Crippen molar-refractivity contribution >= 4 is 17.5 Å². The van der Waals surface area contributed by atoms with Gasteiger partial charge < -0.3 is 5.32 Å². The number of carbonyl (C=O) groups excluding carboxylic acids is 1. The topological polar surface area (TPSA) is 42.0 Å². The van der Waals surface area contributed by atoms with E-state index in [1.54, 1.807) is 19.9 Å². The summed E-state index contributed by atoms with van der Waals surface area (Å²) in [6.07, 6.45) is 1.36. The summed E-state index contributed by atoms with van der Waals surface area (Å²) in [5, 5.41) is 2.88. The van der Waals surface area contributed by atoms with Crippen LogP contribution in [0.3, 0.4) is 0 Å². The van der Waals surface area contributed by atoms with Crippen LogP contribution in [0.4, 0.5) is 8.78 Å². The van der Waals surface area contributed by atoms with E-state index < -0.39 is 23.6 Å². The zero-order chi connectivity index (χ0) is 15.6. The van der Waals surface area contributed by atoms with Gasteiger partial charge in [-0.2, -0.15) is 0 Å². The molecule has 1 aromatic heterocycles. The third-order valence-corrected chi connectivity index (χ3v) is 3.32. The first-order chi connectivity index (χ1) is 9.88. The molecule has 1 unspecified atom stereocenters. The number of benzene rings is 1. The first-order valence-electron chi connectivity index (χ1n) is 6.26. The molecule has 1 heterocycles. The largest absolute Gasteiger partial charge is 0.345 e. The van der Waals surface area contributed by atoms with E-state index in [2.05, 4.69) is 10.3 Å². The molecule has 2 aromatic rings. The van der Waals surface area contributed by atoms with E-state index >= 15 is 0 Å². The lowest BCUT2D eigenvalue weighted by molar-refractivity contribution is 0.0939. The highest BCUT2D eigenvalue weighted by atomic mass is 35.5. The fraction of sp³-hybridized carbons (Fsp3) is 0.200. The van der Waals surface area contributed by atoms with Crippen molar-refractivity contribution in [3.05, 3.63) is 63.9 Å². The Labute approximate surface area is 126 Å². The van der Waals surface area contributed by atoms with E-state index in [1.165, 1.54) is 12.3 Å². The minimum atomic E-state index is -0.712. The van der Waals surface area contributed by atoms with Gasteiger partial charge in [0.05, 0.1) is 16.6 Å². The smallest absolute Gasteiger partial charge is 0.254 e. The lowest BCUT2D eigenvalue weighted by Gasteiger charge is -2.15. The third-order valence-electron chi connectivity index (χ3n) is 3.01. The molecule has 0 saturated heterocycles.